The van der Waals surface area contributed by atoms with Crippen molar-refractivity contribution in [1.82, 2.24) is 0 Å². The molecule has 2 rings (SSSR count). The molecule has 0 radical (unpaired) electrons. The molecule has 1 amide bonds. The third kappa shape index (κ3) is 3.89. The van der Waals surface area contributed by atoms with E-state index < -0.39 is 5.82 Å². The molecule has 0 heterocycles. The van der Waals surface area contributed by atoms with Crippen molar-refractivity contribution >= 4 is 27.5 Å². The van der Waals surface area contributed by atoms with Gasteiger partial charge in [0.2, 0.25) is 0 Å². The summed E-state index contributed by atoms with van der Waals surface area (Å²) >= 11 is 3.10. The molecule has 0 spiro atoms. The number of anilines is 1. The number of carbonyl (C=O) groups is 1. The Morgan fingerprint density at radius 3 is 2.76 bits per heavy atom. The van der Waals surface area contributed by atoms with E-state index in [2.05, 4.69) is 21.2 Å². The number of hydrogen-bond donors (Lipinski definition) is 1. The van der Waals surface area contributed by atoms with Gasteiger partial charge in [0, 0.05) is 12.8 Å². The second-order valence-electron chi connectivity index (χ2n) is 4.46. The molecule has 0 unspecified atom stereocenters. The Bertz CT molecular complexity index is 646. The smallest absolute Gasteiger partial charge is 0.256 e. The third-order valence-corrected chi connectivity index (χ3v) is 3.84. The summed E-state index contributed by atoms with van der Waals surface area (Å²) in [4.78, 5) is 12.3. The maximum absolute atomic E-state index is 13.5. The lowest BCUT2D eigenvalue weighted by Crippen LogP contribution is -2.14. The molecule has 0 aliphatic heterocycles. The van der Waals surface area contributed by atoms with Gasteiger partial charge in [-0.25, -0.2) is 4.39 Å². The quantitative estimate of drug-likeness (QED) is 0.882. The summed E-state index contributed by atoms with van der Waals surface area (Å²) in [5.74, 6) is -0.818. The van der Waals surface area contributed by atoms with Crippen molar-refractivity contribution in [1.29, 1.82) is 0 Å². The first kappa shape index (κ1) is 15.7. The largest absolute Gasteiger partial charge is 0.384 e. The maximum Gasteiger partial charge on any atom is 0.256 e. The van der Waals surface area contributed by atoms with Crippen molar-refractivity contribution in [3.63, 3.8) is 0 Å². The van der Waals surface area contributed by atoms with Crippen LogP contribution in [-0.4, -0.2) is 19.6 Å². The number of ether oxygens (including phenoxy) is 1. The standard InChI is InChI=1S/C16H15BrFNO2/c1-21-10-9-11-5-2-3-8-14(11)19-16(20)12-6-4-7-13(18)15(12)17/h2-8H,9-10H2,1H3,(H,19,20). The second-order valence-corrected chi connectivity index (χ2v) is 5.25. The average Bonchev–Trinajstić information content (AvgIpc) is 2.49. The number of halogens is 2. The van der Waals surface area contributed by atoms with Crippen molar-refractivity contribution < 1.29 is 13.9 Å². The van der Waals surface area contributed by atoms with Crippen LogP contribution in [0.3, 0.4) is 0 Å². The molecule has 0 bridgehead atoms. The number of benzene rings is 2. The molecule has 0 aromatic heterocycles. The zero-order valence-electron chi connectivity index (χ0n) is 11.5. The van der Waals surface area contributed by atoms with Crippen molar-refractivity contribution in [2.75, 3.05) is 19.0 Å². The number of para-hydroxylation sites is 1. The Balaban J connectivity index is 2.22. The molecule has 0 aliphatic rings. The molecule has 0 saturated carbocycles. The molecule has 110 valence electrons. The van der Waals surface area contributed by atoms with Gasteiger partial charge in [0.1, 0.15) is 5.82 Å². The molecule has 0 saturated heterocycles. The van der Waals surface area contributed by atoms with E-state index in [1.807, 2.05) is 24.3 Å². The first-order valence-corrected chi connectivity index (χ1v) is 7.25. The van der Waals surface area contributed by atoms with E-state index in [1.54, 1.807) is 13.2 Å². The predicted molar refractivity (Wildman–Crippen MR) is 84.1 cm³/mol. The minimum atomic E-state index is -0.463. The Labute approximate surface area is 131 Å². The van der Waals surface area contributed by atoms with Crippen LogP contribution in [0.25, 0.3) is 0 Å². The molecule has 0 atom stereocenters. The maximum atomic E-state index is 13.5. The predicted octanol–water partition coefficient (Wildman–Crippen LogP) is 4.03. The minimum Gasteiger partial charge on any atom is -0.384 e. The number of nitrogens with one attached hydrogen (secondary N) is 1. The minimum absolute atomic E-state index is 0.164. The molecular formula is C16H15BrFNO2. The summed E-state index contributed by atoms with van der Waals surface area (Å²) in [5.41, 5.74) is 1.94. The van der Waals surface area contributed by atoms with Crippen LogP contribution in [0.2, 0.25) is 0 Å². The first-order valence-electron chi connectivity index (χ1n) is 6.45. The number of rotatable bonds is 5. The summed E-state index contributed by atoms with van der Waals surface area (Å²) in [7, 11) is 1.63. The molecular weight excluding hydrogens is 337 g/mol. The van der Waals surface area contributed by atoms with Gasteiger partial charge in [-0.1, -0.05) is 24.3 Å². The van der Waals surface area contributed by atoms with Crippen LogP contribution in [0.15, 0.2) is 46.9 Å². The zero-order valence-corrected chi connectivity index (χ0v) is 13.1. The highest BCUT2D eigenvalue weighted by Gasteiger charge is 2.14. The van der Waals surface area contributed by atoms with Gasteiger partial charge in [-0.3, -0.25) is 4.79 Å². The van der Waals surface area contributed by atoms with Crippen molar-refractivity contribution in [2.24, 2.45) is 0 Å². The van der Waals surface area contributed by atoms with Crippen LogP contribution in [0.1, 0.15) is 15.9 Å². The fraction of sp³-hybridized carbons (Fsp3) is 0.188. The molecule has 3 nitrogen and oxygen atoms in total. The first-order chi connectivity index (χ1) is 10.1. The highest BCUT2D eigenvalue weighted by Crippen LogP contribution is 2.23. The van der Waals surface area contributed by atoms with E-state index in [1.165, 1.54) is 12.1 Å². The summed E-state index contributed by atoms with van der Waals surface area (Å²) in [5, 5.41) is 2.81. The topological polar surface area (TPSA) is 38.3 Å². The average molecular weight is 352 g/mol. The Hall–Kier alpha value is -1.72. The van der Waals surface area contributed by atoms with Gasteiger partial charge in [0.25, 0.3) is 5.91 Å². The highest BCUT2D eigenvalue weighted by atomic mass is 79.9. The number of hydrogen-bond acceptors (Lipinski definition) is 2. The molecule has 21 heavy (non-hydrogen) atoms. The number of carbonyl (C=O) groups excluding carboxylic acids is 1. The van der Waals surface area contributed by atoms with Gasteiger partial charge in [-0.2, -0.15) is 0 Å². The summed E-state index contributed by atoms with van der Waals surface area (Å²) in [6.45, 7) is 0.566. The lowest BCUT2D eigenvalue weighted by atomic mass is 10.1. The van der Waals surface area contributed by atoms with E-state index in [0.29, 0.717) is 18.7 Å². The van der Waals surface area contributed by atoms with Crippen LogP contribution in [0, 0.1) is 5.82 Å². The van der Waals surface area contributed by atoms with E-state index in [0.717, 1.165) is 5.56 Å². The summed E-state index contributed by atoms with van der Waals surface area (Å²) < 4.78 is 18.7. The fourth-order valence-electron chi connectivity index (χ4n) is 1.94. The fourth-order valence-corrected chi connectivity index (χ4v) is 2.39. The van der Waals surface area contributed by atoms with Crippen LogP contribution in [0.5, 0.6) is 0 Å². The summed E-state index contributed by atoms with van der Waals surface area (Å²) in [6, 6.07) is 11.9. The van der Waals surface area contributed by atoms with Gasteiger partial charge in [0.15, 0.2) is 0 Å². The third-order valence-electron chi connectivity index (χ3n) is 3.04. The molecule has 0 aliphatic carbocycles. The van der Waals surface area contributed by atoms with E-state index in [4.69, 9.17) is 4.74 Å². The van der Waals surface area contributed by atoms with Crippen LogP contribution in [-0.2, 0) is 11.2 Å². The van der Waals surface area contributed by atoms with Crippen LogP contribution in [0.4, 0.5) is 10.1 Å². The van der Waals surface area contributed by atoms with Crippen LogP contribution < -0.4 is 5.32 Å². The lowest BCUT2D eigenvalue weighted by Gasteiger charge is -2.11. The molecule has 2 aromatic carbocycles. The van der Waals surface area contributed by atoms with Gasteiger partial charge < -0.3 is 10.1 Å². The number of methoxy groups -OCH3 is 1. The lowest BCUT2D eigenvalue weighted by molar-refractivity contribution is 0.102. The second kappa shape index (κ2) is 7.33. The van der Waals surface area contributed by atoms with E-state index >= 15 is 0 Å². The molecule has 0 fully saturated rings. The SMILES string of the molecule is COCCc1ccccc1NC(=O)c1cccc(F)c1Br. The van der Waals surface area contributed by atoms with Gasteiger partial charge in [-0.15, -0.1) is 0 Å². The Morgan fingerprint density at radius 2 is 2.00 bits per heavy atom. The van der Waals surface area contributed by atoms with Crippen LogP contribution >= 0.6 is 15.9 Å². The monoisotopic (exact) mass is 351 g/mol. The van der Waals surface area contributed by atoms with Crippen molar-refractivity contribution in [3.8, 4) is 0 Å². The van der Waals surface area contributed by atoms with E-state index in [-0.39, 0.29) is 15.9 Å². The zero-order chi connectivity index (χ0) is 15.2. The molecule has 2 aromatic rings. The van der Waals surface area contributed by atoms with Crippen molar-refractivity contribution in [2.45, 2.75) is 6.42 Å². The normalized spacial score (nSPS) is 10.4. The van der Waals surface area contributed by atoms with E-state index in [9.17, 15) is 9.18 Å². The summed E-state index contributed by atoms with van der Waals surface area (Å²) in [6.07, 6.45) is 0.692. The highest BCUT2D eigenvalue weighted by molar-refractivity contribution is 9.10. The Kier molecular flexibility index (Phi) is 5.47. The number of amides is 1. The van der Waals surface area contributed by atoms with Gasteiger partial charge in [0.05, 0.1) is 16.6 Å². The molecule has 1 N–H and O–H groups in total. The molecule has 5 heteroatoms. The van der Waals surface area contributed by atoms with Gasteiger partial charge in [-0.05, 0) is 46.1 Å². The van der Waals surface area contributed by atoms with Crippen molar-refractivity contribution in [3.05, 3.63) is 63.9 Å². The van der Waals surface area contributed by atoms with Gasteiger partial charge >= 0.3 is 0 Å². The Morgan fingerprint density at radius 1 is 1.24 bits per heavy atom.